The quantitative estimate of drug-likeness (QED) is 0.792. The number of ether oxygens (including phenoxy) is 2. The first-order chi connectivity index (χ1) is 9.78. The molecule has 0 saturated carbocycles. The fourth-order valence-electron chi connectivity index (χ4n) is 2.70. The second-order valence-corrected chi connectivity index (χ2v) is 6.67. The number of rotatable bonds is 5. The number of unbranched alkanes of at least 4 members (excludes halogenated alkanes) is 1. The van der Waals surface area contributed by atoms with E-state index in [0.29, 0.717) is 13.2 Å². The molecule has 1 spiro atoms. The molecule has 108 valence electrons. The molecule has 1 aromatic rings. The summed E-state index contributed by atoms with van der Waals surface area (Å²) >= 11 is 8.29. The molecule has 1 heterocycles. The third-order valence-corrected chi connectivity index (χ3v) is 5.64. The Morgan fingerprint density at radius 1 is 1.25 bits per heavy atom. The average molecular weight is 311 g/mol. The second kappa shape index (κ2) is 6.10. The van der Waals surface area contributed by atoms with E-state index in [-0.39, 0.29) is 5.25 Å². The van der Waals surface area contributed by atoms with Gasteiger partial charge in [-0.3, -0.25) is 0 Å². The number of hydrogen-bond acceptors (Lipinski definition) is 3. The van der Waals surface area contributed by atoms with Crippen LogP contribution in [0.4, 0.5) is 0 Å². The molecule has 1 aliphatic carbocycles. The first kappa shape index (κ1) is 14.5. The van der Waals surface area contributed by atoms with Gasteiger partial charge < -0.3 is 9.47 Å². The summed E-state index contributed by atoms with van der Waals surface area (Å²) in [6.07, 6.45) is 3.37. The Morgan fingerprint density at radius 2 is 1.95 bits per heavy atom. The van der Waals surface area contributed by atoms with E-state index in [2.05, 4.69) is 31.2 Å². The standard InChI is InChI=1S/C16H19ClO2S/c1-2-3-9-13-14(17)16(18-10-11-19-16)15(13)20-12-7-5-4-6-8-12/h4-8,15H,2-3,9-11H2,1H3. The molecule has 20 heavy (non-hydrogen) atoms. The minimum Gasteiger partial charge on any atom is -0.342 e. The zero-order chi connectivity index (χ0) is 14.0. The maximum absolute atomic E-state index is 6.49. The molecule has 1 atom stereocenters. The predicted octanol–water partition coefficient (Wildman–Crippen LogP) is 4.59. The molecule has 1 saturated heterocycles. The maximum atomic E-state index is 6.49. The van der Waals surface area contributed by atoms with Crippen LogP contribution in [0, 0.1) is 0 Å². The molecule has 0 N–H and O–H groups in total. The molecule has 2 nitrogen and oxygen atoms in total. The maximum Gasteiger partial charge on any atom is 0.222 e. The highest BCUT2D eigenvalue weighted by atomic mass is 35.5. The summed E-state index contributed by atoms with van der Waals surface area (Å²) in [5.74, 6) is -0.675. The van der Waals surface area contributed by atoms with Gasteiger partial charge in [0.05, 0.1) is 23.5 Å². The Morgan fingerprint density at radius 3 is 2.60 bits per heavy atom. The van der Waals surface area contributed by atoms with Crippen molar-refractivity contribution in [2.45, 2.75) is 42.1 Å². The van der Waals surface area contributed by atoms with Crippen LogP contribution in [0.1, 0.15) is 26.2 Å². The van der Waals surface area contributed by atoms with Crippen LogP contribution in [-0.4, -0.2) is 24.3 Å². The van der Waals surface area contributed by atoms with Crippen LogP contribution in [0.25, 0.3) is 0 Å². The van der Waals surface area contributed by atoms with E-state index in [0.717, 1.165) is 17.9 Å². The van der Waals surface area contributed by atoms with Crippen molar-refractivity contribution in [3.63, 3.8) is 0 Å². The molecular weight excluding hydrogens is 292 g/mol. The molecule has 0 aromatic heterocycles. The third-order valence-electron chi connectivity index (χ3n) is 3.76. The summed E-state index contributed by atoms with van der Waals surface area (Å²) in [5.41, 5.74) is 1.30. The van der Waals surface area contributed by atoms with Crippen molar-refractivity contribution in [3.05, 3.63) is 40.9 Å². The lowest BCUT2D eigenvalue weighted by atomic mass is 9.86. The van der Waals surface area contributed by atoms with Gasteiger partial charge in [0.15, 0.2) is 0 Å². The van der Waals surface area contributed by atoms with Crippen LogP contribution in [0.5, 0.6) is 0 Å². The van der Waals surface area contributed by atoms with Crippen LogP contribution in [0.3, 0.4) is 0 Å². The Labute approximate surface area is 129 Å². The van der Waals surface area contributed by atoms with E-state index < -0.39 is 5.79 Å². The number of thioether (sulfide) groups is 1. The van der Waals surface area contributed by atoms with Crippen molar-refractivity contribution in [1.82, 2.24) is 0 Å². The van der Waals surface area contributed by atoms with E-state index in [4.69, 9.17) is 21.1 Å². The highest BCUT2D eigenvalue weighted by molar-refractivity contribution is 8.00. The van der Waals surface area contributed by atoms with Gasteiger partial charge in [-0.1, -0.05) is 43.1 Å². The molecule has 1 aromatic carbocycles. The molecule has 3 rings (SSSR count). The summed E-state index contributed by atoms with van der Waals surface area (Å²) < 4.78 is 11.7. The van der Waals surface area contributed by atoms with Crippen LogP contribution in [0.2, 0.25) is 0 Å². The van der Waals surface area contributed by atoms with Gasteiger partial charge in [0.1, 0.15) is 0 Å². The van der Waals surface area contributed by atoms with Gasteiger partial charge in [-0.25, -0.2) is 0 Å². The second-order valence-electron chi connectivity index (χ2n) is 5.12. The smallest absolute Gasteiger partial charge is 0.222 e. The first-order valence-electron chi connectivity index (χ1n) is 7.16. The van der Waals surface area contributed by atoms with Gasteiger partial charge in [-0.15, -0.1) is 11.8 Å². The van der Waals surface area contributed by atoms with Gasteiger partial charge in [-0.05, 0) is 30.5 Å². The minimum absolute atomic E-state index is 0.187. The largest absolute Gasteiger partial charge is 0.342 e. The Balaban J connectivity index is 1.82. The Bertz CT molecular complexity index is 494. The van der Waals surface area contributed by atoms with E-state index >= 15 is 0 Å². The first-order valence-corrected chi connectivity index (χ1v) is 8.42. The molecule has 1 aliphatic heterocycles. The Hall–Kier alpha value is -0.480. The van der Waals surface area contributed by atoms with Gasteiger partial charge in [0.25, 0.3) is 0 Å². The molecule has 1 unspecified atom stereocenters. The monoisotopic (exact) mass is 310 g/mol. The average Bonchev–Trinajstić information content (AvgIpc) is 2.99. The normalized spacial score (nSPS) is 24.2. The lowest BCUT2D eigenvalue weighted by Crippen LogP contribution is -2.52. The summed E-state index contributed by atoms with van der Waals surface area (Å²) in [6.45, 7) is 3.46. The molecule has 0 radical (unpaired) electrons. The van der Waals surface area contributed by atoms with Crippen molar-refractivity contribution in [3.8, 4) is 0 Å². The lowest BCUT2D eigenvalue weighted by molar-refractivity contribution is -0.130. The number of halogens is 1. The highest BCUT2D eigenvalue weighted by Gasteiger charge is 2.58. The number of benzene rings is 1. The zero-order valence-electron chi connectivity index (χ0n) is 11.6. The predicted molar refractivity (Wildman–Crippen MR) is 83.1 cm³/mol. The summed E-state index contributed by atoms with van der Waals surface area (Å²) in [4.78, 5) is 1.23. The molecule has 1 fully saturated rings. The summed E-state index contributed by atoms with van der Waals surface area (Å²) in [6, 6.07) is 10.4. The Kier molecular flexibility index (Phi) is 4.41. The van der Waals surface area contributed by atoms with Gasteiger partial charge in [0.2, 0.25) is 5.79 Å². The van der Waals surface area contributed by atoms with Crippen LogP contribution in [-0.2, 0) is 9.47 Å². The fraction of sp³-hybridized carbons (Fsp3) is 0.500. The van der Waals surface area contributed by atoms with Gasteiger partial charge in [-0.2, -0.15) is 0 Å². The van der Waals surface area contributed by atoms with Crippen molar-refractivity contribution in [1.29, 1.82) is 0 Å². The molecular formula is C16H19ClO2S. The van der Waals surface area contributed by atoms with Crippen molar-refractivity contribution < 1.29 is 9.47 Å². The third kappa shape index (κ3) is 2.41. The van der Waals surface area contributed by atoms with Crippen LogP contribution in [0.15, 0.2) is 45.8 Å². The number of hydrogen-bond donors (Lipinski definition) is 0. The van der Waals surface area contributed by atoms with Gasteiger partial charge in [0, 0.05) is 4.90 Å². The minimum atomic E-state index is -0.675. The van der Waals surface area contributed by atoms with E-state index in [1.54, 1.807) is 11.8 Å². The van der Waals surface area contributed by atoms with Crippen LogP contribution >= 0.6 is 23.4 Å². The highest BCUT2D eigenvalue weighted by Crippen LogP contribution is 2.55. The van der Waals surface area contributed by atoms with E-state index in [1.165, 1.54) is 16.9 Å². The van der Waals surface area contributed by atoms with Crippen molar-refractivity contribution in [2.24, 2.45) is 0 Å². The zero-order valence-corrected chi connectivity index (χ0v) is 13.2. The topological polar surface area (TPSA) is 18.5 Å². The van der Waals surface area contributed by atoms with E-state index in [9.17, 15) is 0 Å². The molecule has 4 heteroatoms. The SMILES string of the molecule is CCCCC1=C(Cl)C2(OCCO2)C1Sc1ccccc1. The van der Waals surface area contributed by atoms with E-state index in [1.807, 2.05) is 6.07 Å². The molecule has 2 aliphatic rings. The van der Waals surface area contributed by atoms with Crippen molar-refractivity contribution in [2.75, 3.05) is 13.2 Å². The lowest BCUT2D eigenvalue weighted by Gasteiger charge is -2.45. The van der Waals surface area contributed by atoms with Crippen LogP contribution < -0.4 is 0 Å². The summed E-state index contributed by atoms with van der Waals surface area (Å²) in [7, 11) is 0. The fourth-order valence-corrected chi connectivity index (χ4v) is 4.63. The summed E-state index contributed by atoms with van der Waals surface area (Å²) in [5, 5.41) is 0.975. The van der Waals surface area contributed by atoms with Gasteiger partial charge >= 0.3 is 0 Å². The van der Waals surface area contributed by atoms with Crippen molar-refractivity contribution >= 4 is 23.4 Å². The molecule has 0 bridgehead atoms. The molecule has 0 amide bonds.